The number of benzene rings is 1. The van der Waals surface area contributed by atoms with Crippen LogP contribution in [-0.4, -0.2) is 19.9 Å². The fraction of sp³-hybridized carbons (Fsp3) is 0.0476. The number of fused-ring (bicyclic) bond motifs is 2. The number of rotatable bonds is 2. The van der Waals surface area contributed by atoms with Crippen LogP contribution in [0.5, 0.6) is 0 Å². The third kappa shape index (κ3) is 2.75. The first-order valence-electron chi connectivity index (χ1n) is 8.61. The molecule has 0 amide bonds. The van der Waals surface area contributed by atoms with Crippen molar-refractivity contribution in [1.29, 1.82) is 0 Å². The van der Waals surface area contributed by atoms with E-state index >= 15 is 0 Å². The third-order valence-corrected chi connectivity index (χ3v) is 4.67. The highest BCUT2D eigenvalue weighted by Gasteiger charge is 2.18. The van der Waals surface area contributed by atoms with E-state index < -0.39 is 0 Å². The maximum atomic E-state index is 12.3. The summed E-state index contributed by atoms with van der Waals surface area (Å²) in [5.41, 5.74) is 4.50. The van der Waals surface area contributed by atoms with Crippen LogP contribution >= 0.6 is 11.6 Å². The lowest BCUT2D eigenvalue weighted by atomic mass is 10.0. The van der Waals surface area contributed by atoms with E-state index in [1.165, 1.54) is 6.07 Å². The summed E-state index contributed by atoms with van der Waals surface area (Å²) in [5, 5.41) is 0.837. The number of nitrogens with one attached hydrogen (secondary N) is 1. The molecule has 4 aromatic heterocycles. The molecule has 0 radical (unpaired) electrons. The van der Waals surface area contributed by atoms with Crippen molar-refractivity contribution in [1.82, 2.24) is 19.9 Å². The number of H-pyrrole nitrogens is 1. The van der Waals surface area contributed by atoms with E-state index in [1.54, 1.807) is 18.3 Å². The minimum atomic E-state index is -0.122. The van der Waals surface area contributed by atoms with Gasteiger partial charge in [0, 0.05) is 23.5 Å². The number of halogens is 1. The molecule has 0 aliphatic rings. The molecule has 5 rings (SSSR count). The number of aromatic nitrogens is 4. The summed E-state index contributed by atoms with van der Waals surface area (Å²) in [7, 11) is 0. The Morgan fingerprint density at radius 3 is 2.71 bits per heavy atom. The molecule has 0 spiro atoms. The van der Waals surface area contributed by atoms with Gasteiger partial charge >= 0.3 is 0 Å². The molecule has 0 aliphatic heterocycles. The number of oxazole rings is 1. The second-order valence-corrected chi connectivity index (χ2v) is 6.82. The highest BCUT2D eigenvalue weighted by molar-refractivity contribution is 6.29. The van der Waals surface area contributed by atoms with E-state index in [0.717, 1.165) is 16.8 Å². The third-order valence-electron chi connectivity index (χ3n) is 4.47. The van der Waals surface area contributed by atoms with E-state index in [2.05, 4.69) is 19.9 Å². The highest BCUT2D eigenvalue weighted by atomic mass is 35.5. The molecule has 0 fully saturated rings. The van der Waals surface area contributed by atoms with Crippen LogP contribution in [0.2, 0.25) is 5.15 Å². The standard InChI is InChI=1S/C21H13ClN4O2/c1-11-8-12(9-18(22)24-11)13-10-14-16(27)6-7-23-20(14)26-19(13)21-25-15-4-2-3-5-17(15)28-21/h2-10H,1H3,(H,23,26,27). The number of para-hydroxylation sites is 2. The predicted molar refractivity (Wildman–Crippen MR) is 108 cm³/mol. The Morgan fingerprint density at radius 2 is 1.89 bits per heavy atom. The minimum absolute atomic E-state index is 0.122. The molecule has 0 aliphatic carbocycles. The molecule has 136 valence electrons. The van der Waals surface area contributed by atoms with Crippen LogP contribution in [0, 0.1) is 6.92 Å². The molecular weight excluding hydrogens is 376 g/mol. The first kappa shape index (κ1) is 16.6. The van der Waals surface area contributed by atoms with Gasteiger partial charge in [-0.05, 0) is 42.8 Å². The molecule has 1 aromatic carbocycles. The number of aromatic amines is 1. The van der Waals surface area contributed by atoms with E-state index in [1.807, 2.05) is 37.3 Å². The first-order valence-corrected chi connectivity index (χ1v) is 8.99. The van der Waals surface area contributed by atoms with Gasteiger partial charge < -0.3 is 9.40 Å². The van der Waals surface area contributed by atoms with Gasteiger partial charge in [-0.1, -0.05) is 23.7 Å². The molecule has 7 heteroatoms. The lowest BCUT2D eigenvalue weighted by Gasteiger charge is -2.09. The van der Waals surface area contributed by atoms with Crippen molar-refractivity contribution in [3.63, 3.8) is 0 Å². The molecule has 0 unspecified atom stereocenters. The zero-order valence-corrected chi connectivity index (χ0v) is 15.5. The Morgan fingerprint density at radius 1 is 1.04 bits per heavy atom. The molecular formula is C21H13ClN4O2. The molecule has 4 heterocycles. The largest absolute Gasteiger partial charge is 0.435 e. The molecule has 0 bridgehead atoms. The summed E-state index contributed by atoms with van der Waals surface area (Å²) in [4.78, 5) is 28.8. The van der Waals surface area contributed by atoms with Gasteiger partial charge in [0.15, 0.2) is 11.0 Å². The fourth-order valence-electron chi connectivity index (χ4n) is 3.24. The van der Waals surface area contributed by atoms with Crippen LogP contribution in [0.25, 0.3) is 44.8 Å². The van der Waals surface area contributed by atoms with E-state index in [4.69, 9.17) is 16.0 Å². The number of pyridine rings is 3. The van der Waals surface area contributed by atoms with Crippen LogP contribution in [0.4, 0.5) is 0 Å². The lowest BCUT2D eigenvalue weighted by molar-refractivity contribution is 0.617. The Labute approximate surface area is 163 Å². The van der Waals surface area contributed by atoms with Gasteiger partial charge in [0.1, 0.15) is 22.0 Å². The van der Waals surface area contributed by atoms with E-state index in [0.29, 0.717) is 38.9 Å². The van der Waals surface area contributed by atoms with Crippen molar-refractivity contribution < 1.29 is 4.42 Å². The Balaban J connectivity index is 1.87. The second kappa shape index (κ2) is 6.28. The zero-order valence-electron chi connectivity index (χ0n) is 14.7. The number of hydrogen-bond donors (Lipinski definition) is 1. The fourth-order valence-corrected chi connectivity index (χ4v) is 3.49. The van der Waals surface area contributed by atoms with Gasteiger partial charge in [0.2, 0.25) is 5.89 Å². The van der Waals surface area contributed by atoms with Crippen molar-refractivity contribution >= 4 is 33.7 Å². The van der Waals surface area contributed by atoms with Gasteiger partial charge in [-0.15, -0.1) is 0 Å². The molecule has 28 heavy (non-hydrogen) atoms. The summed E-state index contributed by atoms with van der Waals surface area (Å²) in [6, 6.07) is 14.4. The van der Waals surface area contributed by atoms with Gasteiger partial charge in [0.05, 0.1) is 5.39 Å². The SMILES string of the molecule is Cc1cc(-c2cc3c(=O)cc[nH]c3nc2-c2nc3ccccc3o2)cc(Cl)n1. The molecule has 0 atom stereocenters. The van der Waals surface area contributed by atoms with E-state index in [9.17, 15) is 4.79 Å². The normalized spacial score (nSPS) is 11.4. The Kier molecular flexibility index (Phi) is 3.74. The minimum Gasteiger partial charge on any atom is -0.435 e. The van der Waals surface area contributed by atoms with Crippen molar-refractivity contribution in [2.24, 2.45) is 0 Å². The topological polar surface area (TPSA) is 84.7 Å². The summed E-state index contributed by atoms with van der Waals surface area (Å²) < 4.78 is 5.94. The predicted octanol–water partition coefficient (Wildman–Crippen LogP) is 4.76. The maximum absolute atomic E-state index is 12.3. The summed E-state index contributed by atoms with van der Waals surface area (Å²) in [6.07, 6.45) is 1.57. The molecule has 0 saturated heterocycles. The summed E-state index contributed by atoms with van der Waals surface area (Å²) in [5.74, 6) is 0.369. The van der Waals surface area contributed by atoms with Gasteiger partial charge in [-0.3, -0.25) is 4.79 Å². The average molecular weight is 389 g/mol. The average Bonchev–Trinajstić information content (AvgIpc) is 3.11. The van der Waals surface area contributed by atoms with E-state index in [-0.39, 0.29) is 5.43 Å². The monoisotopic (exact) mass is 388 g/mol. The van der Waals surface area contributed by atoms with Crippen LogP contribution in [0.1, 0.15) is 5.69 Å². The number of hydrogen-bond acceptors (Lipinski definition) is 5. The number of aryl methyl sites for hydroxylation is 1. The van der Waals surface area contributed by atoms with Crippen molar-refractivity contribution in [2.75, 3.05) is 0 Å². The Bertz CT molecular complexity index is 1370. The van der Waals surface area contributed by atoms with Crippen LogP contribution in [0.15, 0.2) is 63.9 Å². The van der Waals surface area contributed by atoms with Crippen LogP contribution < -0.4 is 5.43 Å². The summed E-state index contributed by atoms with van der Waals surface area (Å²) in [6.45, 7) is 1.86. The van der Waals surface area contributed by atoms with Crippen molar-refractivity contribution in [2.45, 2.75) is 6.92 Å². The van der Waals surface area contributed by atoms with Crippen LogP contribution in [0.3, 0.4) is 0 Å². The molecule has 0 saturated carbocycles. The van der Waals surface area contributed by atoms with Gasteiger partial charge in [-0.25, -0.2) is 15.0 Å². The van der Waals surface area contributed by atoms with Gasteiger partial charge in [-0.2, -0.15) is 0 Å². The smallest absolute Gasteiger partial charge is 0.246 e. The maximum Gasteiger partial charge on any atom is 0.246 e. The van der Waals surface area contributed by atoms with Crippen molar-refractivity contribution in [3.8, 4) is 22.7 Å². The molecule has 5 aromatic rings. The quantitative estimate of drug-likeness (QED) is 0.441. The first-order chi connectivity index (χ1) is 13.6. The lowest BCUT2D eigenvalue weighted by Crippen LogP contribution is -2.03. The van der Waals surface area contributed by atoms with Crippen LogP contribution in [-0.2, 0) is 0 Å². The zero-order chi connectivity index (χ0) is 19.3. The molecule has 6 nitrogen and oxygen atoms in total. The highest BCUT2D eigenvalue weighted by Crippen LogP contribution is 2.34. The van der Waals surface area contributed by atoms with Gasteiger partial charge in [0.25, 0.3) is 0 Å². The Hall–Kier alpha value is -3.51. The summed E-state index contributed by atoms with van der Waals surface area (Å²) >= 11 is 6.17. The second-order valence-electron chi connectivity index (χ2n) is 6.43. The van der Waals surface area contributed by atoms with Crippen molar-refractivity contribution in [3.05, 3.63) is 75.8 Å². The molecule has 1 N–H and O–H groups in total. The number of nitrogens with zero attached hydrogens (tertiary/aromatic N) is 3.